The van der Waals surface area contributed by atoms with Crippen molar-refractivity contribution >= 4 is 54.4 Å². The summed E-state index contributed by atoms with van der Waals surface area (Å²) in [6.07, 6.45) is -4.23. The molecular weight excluding hydrogens is 516 g/mol. The summed E-state index contributed by atoms with van der Waals surface area (Å²) in [6, 6.07) is 0. The molecule has 0 aromatic carbocycles. The van der Waals surface area contributed by atoms with Crippen LogP contribution in [0.5, 0.6) is 0 Å². The monoisotopic (exact) mass is 551 g/mol. The number of carbonyl (C=O) groups is 4. The second-order valence-electron chi connectivity index (χ2n) is 8.56. The van der Waals surface area contributed by atoms with Gasteiger partial charge in [-0.1, -0.05) is 0 Å². The molecule has 199 valence electrons. The molecule has 1 aliphatic rings. The number of rotatable bonds is 14. The van der Waals surface area contributed by atoms with E-state index in [0.29, 0.717) is 6.42 Å². The maximum atomic E-state index is 11.8. The third-order valence-corrected chi connectivity index (χ3v) is 11.0. The van der Waals surface area contributed by atoms with Gasteiger partial charge in [0, 0.05) is 39.7 Å². The predicted octanol–water partition coefficient (Wildman–Crippen LogP) is 1.44. The van der Waals surface area contributed by atoms with E-state index >= 15 is 0 Å². The Labute approximate surface area is 214 Å². The quantitative estimate of drug-likeness (QED) is 0.134. The van der Waals surface area contributed by atoms with Gasteiger partial charge in [-0.15, -0.1) is 0 Å². The standard InChI is InChI=1S/C21H35O11SSi2/c1-13(22)27-11-17-18(28-14(2)23)19(29-15(3)24)20(30-16(4)25)21(31-17)26-9-7-8-10-33-12-35(5,6)32-34/h17-21H,7-12H2,1-6H3/t17?,18-,19-,20?,21-/m1/s1. The first-order valence-corrected chi connectivity index (χ1v) is 15.9. The number of unbranched alkanes of at least 4 members (excludes halogenated alkanes) is 1. The molecule has 2 unspecified atom stereocenters. The van der Waals surface area contributed by atoms with Gasteiger partial charge < -0.3 is 32.5 Å². The van der Waals surface area contributed by atoms with Crippen molar-refractivity contribution in [3.8, 4) is 0 Å². The molecule has 35 heavy (non-hydrogen) atoms. The summed E-state index contributed by atoms with van der Waals surface area (Å²) in [5, 5.41) is 0.942. The summed E-state index contributed by atoms with van der Waals surface area (Å²) in [5.74, 6) is -1.70. The Bertz CT molecular complexity index is 721. The second kappa shape index (κ2) is 15.6. The zero-order chi connectivity index (χ0) is 26.6. The van der Waals surface area contributed by atoms with Crippen LogP contribution in [0, 0.1) is 0 Å². The summed E-state index contributed by atoms with van der Waals surface area (Å²) in [5.41, 5.74) is 0. The summed E-state index contributed by atoms with van der Waals surface area (Å²) < 4.78 is 38.2. The van der Waals surface area contributed by atoms with Crippen molar-refractivity contribution in [3.63, 3.8) is 0 Å². The van der Waals surface area contributed by atoms with E-state index in [1.165, 1.54) is 27.7 Å². The van der Waals surface area contributed by atoms with Crippen molar-refractivity contribution in [1.82, 2.24) is 0 Å². The zero-order valence-corrected chi connectivity index (χ0v) is 23.8. The van der Waals surface area contributed by atoms with Crippen LogP contribution in [0.25, 0.3) is 0 Å². The number of hydrogen-bond donors (Lipinski definition) is 0. The Hall–Kier alpha value is -1.46. The van der Waals surface area contributed by atoms with Crippen LogP contribution in [0.15, 0.2) is 0 Å². The average Bonchev–Trinajstić information content (AvgIpc) is 2.74. The van der Waals surface area contributed by atoms with Gasteiger partial charge >= 0.3 is 23.9 Å². The first-order valence-electron chi connectivity index (χ1n) is 11.2. The SMILES string of the molecule is CC(=O)OCC1O[C@@H](OCCCCSC[Si](C)(C)O[Si])C(OC(C)=O)[C@H](OC(C)=O)[C@@H]1OC(C)=O. The van der Waals surface area contributed by atoms with Crippen molar-refractivity contribution < 1.29 is 51.7 Å². The Morgan fingerprint density at radius 3 is 1.97 bits per heavy atom. The lowest BCUT2D eigenvalue weighted by atomic mass is 9.98. The minimum absolute atomic E-state index is 0.268. The lowest BCUT2D eigenvalue weighted by molar-refractivity contribution is -0.308. The molecule has 1 aliphatic heterocycles. The molecule has 14 heteroatoms. The average molecular weight is 552 g/mol. The van der Waals surface area contributed by atoms with Gasteiger partial charge in [0.25, 0.3) is 0 Å². The summed E-state index contributed by atoms with van der Waals surface area (Å²) in [6.45, 7) is 8.95. The summed E-state index contributed by atoms with van der Waals surface area (Å²) >= 11 is 1.80. The van der Waals surface area contributed by atoms with Gasteiger partial charge in [0.2, 0.25) is 10.5 Å². The lowest BCUT2D eigenvalue weighted by Crippen LogP contribution is -2.63. The Kier molecular flexibility index (Phi) is 14.1. The minimum Gasteiger partial charge on any atom is -0.463 e. The molecule has 0 spiro atoms. The van der Waals surface area contributed by atoms with Gasteiger partial charge in [0.15, 0.2) is 32.9 Å². The number of ether oxygens (including phenoxy) is 6. The third kappa shape index (κ3) is 12.4. The van der Waals surface area contributed by atoms with E-state index in [1.54, 1.807) is 11.8 Å². The number of thioether (sulfide) groups is 1. The highest BCUT2D eigenvalue weighted by Crippen LogP contribution is 2.30. The highest BCUT2D eigenvalue weighted by atomic mass is 32.2. The topological polar surface area (TPSA) is 133 Å². The van der Waals surface area contributed by atoms with Crippen molar-refractivity contribution in [2.75, 3.05) is 24.3 Å². The van der Waals surface area contributed by atoms with Gasteiger partial charge in [-0.25, -0.2) is 0 Å². The van der Waals surface area contributed by atoms with E-state index < -0.39 is 62.9 Å². The van der Waals surface area contributed by atoms with Crippen LogP contribution in [0.2, 0.25) is 13.1 Å². The number of hydrogen-bond acceptors (Lipinski definition) is 12. The smallest absolute Gasteiger partial charge is 0.303 e. The molecule has 0 aromatic rings. The van der Waals surface area contributed by atoms with Gasteiger partial charge in [0.05, 0.1) is 0 Å². The van der Waals surface area contributed by atoms with Crippen molar-refractivity contribution in [1.29, 1.82) is 0 Å². The molecule has 0 saturated carbocycles. The molecule has 1 heterocycles. The lowest BCUT2D eigenvalue weighted by Gasteiger charge is -2.44. The van der Waals surface area contributed by atoms with Crippen LogP contribution in [0.3, 0.4) is 0 Å². The molecule has 5 atom stereocenters. The first-order chi connectivity index (χ1) is 16.4. The van der Waals surface area contributed by atoms with Gasteiger partial charge in [0.1, 0.15) is 12.7 Å². The number of carbonyl (C=O) groups excluding carboxylic acids is 4. The second-order valence-corrected chi connectivity index (χ2v) is 14.9. The fourth-order valence-corrected chi connectivity index (χ4v) is 6.89. The highest BCUT2D eigenvalue weighted by molar-refractivity contribution is 8.00. The molecule has 0 aliphatic carbocycles. The Morgan fingerprint density at radius 1 is 0.857 bits per heavy atom. The number of esters is 4. The van der Waals surface area contributed by atoms with E-state index in [1.807, 2.05) is 0 Å². The maximum absolute atomic E-state index is 11.8. The van der Waals surface area contributed by atoms with Crippen LogP contribution in [-0.4, -0.2) is 97.7 Å². The molecule has 1 fully saturated rings. The van der Waals surface area contributed by atoms with Gasteiger partial charge in [-0.3, -0.25) is 19.2 Å². The Balaban J connectivity index is 2.91. The van der Waals surface area contributed by atoms with E-state index in [4.69, 9.17) is 32.5 Å². The van der Waals surface area contributed by atoms with Crippen LogP contribution in [0.1, 0.15) is 40.5 Å². The molecule has 0 amide bonds. The summed E-state index contributed by atoms with van der Waals surface area (Å²) in [4.78, 5) is 46.7. The minimum atomic E-state index is -1.70. The van der Waals surface area contributed by atoms with E-state index in [2.05, 4.69) is 23.6 Å². The van der Waals surface area contributed by atoms with Crippen LogP contribution in [-0.2, 0) is 51.7 Å². The largest absolute Gasteiger partial charge is 0.463 e. The van der Waals surface area contributed by atoms with Crippen LogP contribution >= 0.6 is 11.8 Å². The maximum Gasteiger partial charge on any atom is 0.303 e. The fraction of sp³-hybridized carbons (Fsp3) is 0.810. The van der Waals surface area contributed by atoms with E-state index in [9.17, 15) is 19.2 Å². The third-order valence-electron chi connectivity index (χ3n) is 4.64. The zero-order valence-electron chi connectivity index (χ0n) is 21.0. The predicted molar refractivity (Wildman–Crippen MR) is 129 cm³/mol. The van der Waals surface area contributed by atoms with Crippen molar-refractivity contribution in [2.45, 2.75) is 84.3 Å². The molecule has 0 N–H and O–H groups in total. The van der Waals surface area contributed by atoms with Crippen molar-refractivity contribution in [3.05, 3.63) is 0 Å². The van der Waals surface area contributed by atoms with Crippen LogP contribution in [0.4, 0.5) is 0 Å². The van der Waals surface area contributed by atoms with Crippen LogP contribution < -0.4 is 0 Å². The normalized spacial score (nSPS) is 24.4. The molecule has 1 rings (SSSR count). The van der Waals surface area contributed by atoms with Gasteiger partial charge in [-0.05, 0) is 31.7 Å². The molecular formula is C21H35O11SSi2. The molecule has 1 saturated heterocycles. The molecule has 0 bridgehead atoms. The highest BCUT2D eigenvalue weighted by Gasteiger charge is 2.52. The Morgan fingerprint density at radius 2 is 1.43 bits per heavy atom. The van der Waals surface area contributed by atoms with Crippen molar-refractivity contribution in [2.24, 2.45) is 0 Å². The van der Waals surface area contributed by atoms with Gasteiger partial charge in [-0.2, -0.15) is 11.8 Å². The summed E-state index contributed by atoms with van der Waals surface area (Å²) in [7, 11) is 1.44. The molecule has 0 aromatic heterocycles. The van der Waals surface area contributed by atoms with E-state index in [0.717, 1.165) is 17.5 Å². The molecule has 11 nitrogen and oxygen atoms in total. The first kappa shape index (κ1) is 31.6. The fourth-order valence-electron chi connectivity index (χ4n) is 3.18. The van der Waals surface area contributed by atoms with E-state index in [-0.39, 0.29) is 13.2 Å². The molecule has 3 radical (unpaired) electrons.